The smallest absolute Gasteiger partial charge is 0.142 e. The van der Waals surface area contributed by atoms with Gasteiger partial charge in [0.2, 0.25) is 0 Å². The number of aromatic nitrogens is 2. The van der Waals surface area contributed by atoms with Gasteiger partial charge in [0.15, 0.2) is 0 Å². The van der Waals surface area contributed by atoms with E-state index in [4.69, 9.17) is 11.6 Å². The summed E-state index contributed by atoms with van der Waals surface area (Å²) in [7, 11) is 1.81. The number of rotatable bonds is 4. The molecule has 0 saturated heterocycles. The van der Waals surface area contributed by atoms with Crippen LogP contribution in [-0.2, 0) is 6.54 Å². The molecular weight excluding hydrogens is 253 g/mol. The molecule has 1 heterocycles. The fourth-order valence-electron chi connectivity index (χ4n) is 1.95. The van der Waals surface area contributed by atoms with Crippen LogP contribution < -0.4 is 5.32 Å². The minimum atomic E-state index is -0.405. The molecule has 5 heteroatoms. The number of halogens is 2. The van der Waals surface area contributed by atoms with E-state index in [9.17, 15) is 4.39 Å². The SMILES string of the molecule is CCn1cc(C(NC)c2cccc(F)c2Cl)cn1. The minimum absolute atomic E-state index is 0.154. The summed E-state index contributed by atoms with van der Waals surface area (Å²) in [4.78, 5) is 0. The van der Waals surface area contributed by atoms with E-state index in [0.29, 0.717) is 0 Å². The predicted molar refractivity (Wildman–Crippen MR) is 70.2 cm³/mol. The van der Waals surface area contributed by atoms with E-state index >= 15 is 0 Å². The van der Waals surface area contributed by atoms with Gasteiger partial charge < -0.3 is 5.32 Å². The van der Waals surface area contributed by atoms with Crippen LogP contribution in [0.15, 0.2) is 30.6 Å². The second kappa shape index (κ2) is 5.50. The third-order valence-electron chi connectivity index (χ3n) is 2.89. The summed E-state index contributed by atoms with van der Waals surface area (Å²) in [5, 5.41) is 7.51. The summed E-state index contributed by atoms with van der Waals surface area (Å²) in [6.07, 6.45) is 3.70. The second-order valence-electron chi connectivity index (χ2n) is 3.99. The van der Waals surface area contributed by atoms with Crippen molar-refractivity contribution in [3.8, 4) is 0 Å². The van der Waals surface area contributed by atoms with Gasteiger partial charge in [0.05, 0.1) is 17.3 Å². The standard InChI is InChI=1S/C13H15ClFN3/c1-3-18-8-9(7-17-18)13(16-2)10-5-4-6-11(15)12(10)14/h4-8,13,16H,3H2,1-2H3. The van der Waals surface area contributed by atoms with Crippen molar-refractivity contribution in [1.29, 1.82) is 0 Å². The normalized spacial score (nSPS) is 12.7. The molecule has 0 radical (unpaired) electrons. The first-order valence-corrected chi connectivity index (χ1v) is 6.18. The van der Waals surface area contributed by atoms with Crippen molar-refractivity contribution in [2.75, 3.05) is 7.05 Å². The summed E-state index contributed by atoms with van der Waals surface area (Å²) < 4.78 is 15.3. The summed E-state index contributed by atoms with van der Waals surface area (Å²) >= 11 is 6.02. The first kappa shape index (κ1) is 13.1. The van der Waals surface area contributed by atoms with E-state index in [1.807, 2.05) is 30.9 Å². The number of hydrogen-bond acceptors (Lipinski definition) is 2. The van der Waals surface area contributed by atoms with Gasteiger partial charge in [-0.1, -0.05) is 23.7 Å². The quantitative estimate of drug-likeness (QED) is 0.923. The highest BCUT2D eigenvalue weighted by Gasteiger charge is 2.18. The molecule has 0 saturated carbocycles. The molecule has 2 rings (SSSR count). The molecule has 96 valence electrons. The lowest BCUT2D eigenvalue weighted by atomic mass is 10.0. The maximum Gasteiger partial charge on any atom is 0.142 e. The lowest BCUT2D eigenvalue weighted by Gasteiger charge is -2.16. The van der Waals surface area contributed by atoms with Gasteiger partial charge in [-0.2, -0.15) is 5.10 Å². The Labute approximate surface area is 111 Å². The third kappa shape index (κ3) is 2.40. The highest BCUT2D eigenvalue weighted by molar-refractivity contribution is 6.31. The summed E-state index contributed by atoms with van der Waals surface area (Å²) in [6, 6.07) is 4.67. The maximum absolute atomic E-state index is 13.5. The molecule has 1 unspecified atom stereocenters. The monoisotopic (exact) mass is 267 g/mol. The van der Waals surface area contributed by atoms with Gasteiger partial charge in [0.1, 0.15) is 5.82 Å². The largest absolute Gasteiger partial charge is 0.309 e. The Bertz CT molecular complexity index is 539. The number of nitrogens with zero attached hydrogens (tertiary/aromatic N) is 2. The average molecular weight is 268 g/mol. The van der Waals surface area contributed by atoms with Crippen molar-refractivity contribution in [3.05, 3.63) is 52.6 Å². The Morgan fingerprint density at radius 1 is 1.50 bits per heavy atom. The molecule has 0 fully saturated rings. The van der Waals surface area contributed by atoms with Crippen LogP contribution in [-0.4, -0.2) is 16.8 Å². The number of nitrogens with one attached hydrogen (secondary N) is 1. The zero-order valence-corrected chi connectivity index (χ0v) is 11.1. The lowest BCUT2D eigenvalue weighted by Crippen LogP contribution is -2.18. The topological polar surface area (TPSA) is 29.9 Å². The van der Waals surface area contributed by atoms with Gasteiger partial charge in [-0.15, -0.1) is 0 Å². The van der Waals surface area contributed by atoms with E-state index in [1.54, 1.807) is 12.3 Å². The fraction of sp³-hybridized carbons (Fsp3) is 0.308. The Kier molecular flexibility index (Phi) is 3.99. The van der Waals surface area contributed by atoms with Crippen LogP contribution in [0, 0.1) is 5.82 Å². The van der Waals surface area contributed by atoms with Crippen LogP contribution in [0.2, 0.25) is 5.02 Å². The zero-order chi connectivity index (χ0) is 13.1. The van der Waals surface area contributed by atoms with Crippen molar-refractivity contribution in [3.63, 3.8) is 0 Å². The van der Waals surface area contributed by atoms with Crippen LogP contribution in [0.1, 0.15) is 24.1 Å². The molecule has 3 nitrogen and oxygen atoms in total. The number of hydrogen-bond donors (Lipinski definition) is 1. The van der Waals surface area contributed by atoms with Crippen molar-refractivity contribution in [2.24, 2.45) is 0 Å². The lowest BCUT2D eigenvalue weighted by molar-refractivity contribution is 0.616. The molecule has 0 bridgehead atoms. The van der Waals surface area contributed by atoms with Gasteiger partial charge in [0.25, 0.3) is 0 Å². The molecule has 1 aromatic heterocycles. The minimum Gasteiger partial charge on any atom is -0.309 e. The molecule has 18 heavy (non-hydrogen) atoms. The molecule has 0 aliphatic rings. The zero-order valence-electron chi connectivity index (χ0n) is 10.3. The Morgan fingerprint density at radius 2 is 2.28 bits per heavy atom. The fourth-order valence-corrected chi connectivity index (χ4v) is 2.18. The summed E-state index contributed by atoms with van der Waals surface area (Å²) in [5.41, 5.74) is 1.68. The molecule has 0 spiro atoms. The van der Waals surface area contributed by atoms with Gasteiger partial charge in [-0.25, -0.2) is 4.39 Å². The summed E-state index contributed by atoms with van der Waals surface area (Å²) in [6.45, 7) is 2.81. The maximum atomic E-state index is 13.5. The van der Waals surface area contributed by atoms with Crippen molar-refractivity contribution >= 4 is 11.6 Å². The van der Waals surface area contributed by atoms with E-state index in [2.05, 4.69) is 10.4 Å². The van der Waals surface area contributed by atoms with Gasteiger partial charge in [-0.3, -0.25) is 4.68 Å². The van der Waals surface area contributed by atoms with E-state index in [0.717, 1.165) is 17.7 Å². The third-order valence-corrected chi connectivity index (χ3v) is 3.29. The van der Waals surface area contributed by atoms with Gasteiger partial charge in [0, 0.05) is 18.3 Å². The first-order chi connectivity index (χ1) is 8.67. The Hall–Kier alpha value is -1.39. The van der Waals surface area contributed by atoms with Crippen molar-refractivity contribution in [1.82, 2.24) is 15.1 Å². The van der Waals surface area contributed by atoms with Crippen LogP contribution in [0.5, 0.6) is 0 Å². The molecule has 1 aromatic carbocycles. The number of benzene rings is 1. The van der Waals surface area contributed by atoms with Crippen LogP contribution in [0.25, 0.3) is 0 Å². The van der Waals surface area contributed by atoms with E-state index in [-0.39, 0.29) is 11.1 Å². The van der Waals surface area contributed by atoms with Crippen molar-refractivity contribution < 1.29 is 4.39 Å². The highest BCUT2D eigenvalue weighted by atomic mass is 35.5. The van der Waals surface area contributed by atoms with Crippen LogP contribution in [0.3, 0.4) is 0 Å². The van der Waals surface area contributed by atoms with Crippen LogP contribution in [0.4, 0.5) is 4.39 Å². The van der Waals surface area contributed by atoms with Crippen LogP contribution >= 0.6 is 11.6 Å². The van der Waals surface area contributed by atoms with Crippen molar-refractivity contribution in [2.45, 2.75) is 19.5 Å². The highest BCUT2D eigenvalue weighted by Crippen LogP contribution is 2.29. The second-order valence-corrected chi connectivity index (χ2v) is 4.37. The summed E-state index contributed by atoms with van der Waals surface area (Å²) in [5.74, 6) is -0.405. The first-order valence-electron chi connectivity index (χ1n) is 5.81. The molecule has 1 atom stereocenters. The molecule has 1 N–H and O–H groups in total. The Balaban J connectivity index is 2.41. The average Bonchev–Trinajstić information content (AvgIpc) is 2.84. The molecule has 0 amide bonds. The molecular formula is C13H15ClFN3. The number of aryl methyl sites for hydroxylation is 1. The molecule has 0 aliphatic heterocycles. The van der Waals surface area contributed by atoms with Gasteiger partial charge >= 0.3 is 0 Å². The predicted octanol–water partition coefficient (Wildman–Crippen LogP) is 3.00. The van der Waals surface area contributed by atoms with E-state index < -0.39 is 5.82 Å². The Morgan fingerprint density at radius 3 is 2.89 bits per heavy atom. The van der Waals surface area contributed by atoms with Gasteiger partial charge in [-0.05, 0) is 25.6 Å². The van der Waals surface area contributed by atoms with E-state index in [1.165, 1.54) is 6.07 Å². The molecule has 2 aromatic rings. The molecule has 0 aliphatic carbocycles.